The van der Waals surface area contributed by atoms with E-state index in [9.17, 15) is 0 Å². The van der Waals surface area contributed by atoms with Crippen molar-refractivity contribution in [1.29, 1.82) is 0 Å². The molecule has 2 N–H and O–H groups in total. The normalized spacial score (nSPS) is 10.5. The highest BCUT2D eigenvalue weighted by Gasteiger charge is 2.06. The first-order valence-electron chi connectivity index (χ1n) is 6.43. The fourth-order valence-electron chi connectivity index (χ4n) is 1.89. The van der Waals surface area contributed by atoms with Gasteiger partial charge in [-0.3, -0.25) is 0 Å². The molecule has 4 heteroatoms. The average Bonchev–Trinajstić information content (AvgIpc) is 2.42. The molecule has 0 saturated carbocycles. The van der Waals surface area contributed by atoms with Gasteiger partial charge in [0.2, 0.25) is 5.95 Å². The smallest absolute Gasteiger partial charge is 0.225 e. The molecule has 0 fully saturated rings. The lowest BCUT2D eigenvalue weighted by Crippen LogP contribution is -2.26. The van der Waals surface area contributed by atoms with Crippen LogP contribution in [0.1, 0.15) is 11.1 Å². The molecular formula is C15H20N4. The molecule has 0 unspecified atom stereocenters. The summed E-state index contributed by atoms with van der Waals surface area (Å²) in [5.41, 5.74) is 10.2. The van der Waals surface area contributed by atoms with E-state index in [1.165, 1.54) is 11.1 Å². The number of hydrogen-bond donors (Lipinski definition) is 1. The molecule has 0 bridgehead atoms. The van der Waals surface area contributed by atoms with Gasteiger partial charge in [-0.05, 0) is 37.1 Å². The molecule has 2 aromatic rings. The van der Waals surface area contributed by atoms with Crippen molar-refractivity contribution in [3.63, 3.8) is 0 Å². The van der Waals surface area contributed by atoms with Crippen LogP contribution in [0, 0.1) is 13.8 Å². The lowest BCUT2D eigenvalue weighted by Gasteiger charge is -2.16. The van der Waals surface area contributed by atoms with Gasteiger partial charge in [-0.1, -0.05) is 12.1 Å². The first kappa shape index (κ1) is 13.5. The summed E-state index contributed by atoms with van der Waals surface area (Å²) in [6.45, 7) is 5.56. The second-order valence-electron chi connectivity index (χ2n) is 4.75. The van der Waals surface area contributed by atoms with E-state index >= 15 is 0 Å². The van der Waals surface area contributed by atoms with Gasteiger partial charge in [-0.15, -0.1) is 0 Å². The summed E-state index contributed by atoms with van der Waals surface area (Å²) in [5.74, 6) is 0.709. The van der Waals surface area contributed by atoms with E-state index < -0.39 is 0 Å². The second kappa shape index (κ2) is 5.80. The van der Waals surface area contributed by atoms with Gasteiger partial charge in [0.25, 0.3) is 0 Å². The van der Waals surface area contributed by atoms with E-state index in [2.05, 4.69) is 42.0 Å². The summed E-state index contributed by atoms with van der Waals surface area (Å²) < 4.78 is 0. The zero-order chi connectivity index (χ0) is 13.8. The van der Waals surface area contributed by atoms with Gasteiger partial charge in [0.15, 0.2) is 0 Å². The van der Waals surface area contributed by atoms with Crippen molar-refractivity contribution in [3.05, 3.63) is 41.6 Å². The molecule has 2 rings (SSSR count). The Morgan fingerprint density at radius 2 is 1.95 bits per heavy atom. The number of nitrogens with zero attached hydrogens (tertiary/aromatic N) is 3. The van der Waals surface area contributed by atoms with E-state index in [4.69, 9.17) is 5.73 Å². The van der Waals surface area contributed by atoms with E-state index in [1.807, 2.05) is 18.0 Å². The SMILES string of the molecule is Cc1ccc(-c2ccnc(N(C)CCN)n2)cc1C. The maximum atomic E-state index is 5.56. The van der Waals surface area contributed by atoms with Crippen LogP contribution in [-0.4, -0.2) is 30.1 Å². The highest BCUT2D eigenvalue weighted by Crippen LogP contribution is 2.21. The molecule has 0 aliphatic carbocycles. The zero-order valence-electron chi connectivity index (χ0n) is 11.7. The Morgan fingerprint density at radius 1 is 1.16 bits per heavy atom. The number of rotatable bonds is 4. The Hall–Kier alpha value is -1.94. The second-order valence-corrected chi connectivity index (χ2v) is 4.75. The van der Waals surface area contributed by atoms with Crippen molar-refractivity contribution in [3.8, 4) is 11.3 Å². The van der Waals surface area contributed by atoms with Crippen molar-refractivity contribution < 1.29 is 0 Å². The minimum atomic E-state index is 0.591. The van der Waals surface area contributed by atoms with Crippen molar-refractivity contribution in [2.45, 2.75) is 13.8 Å². The van der Waals surface area contributed by atoms with E-state index in [1.54, 1.807) is 6.20 Å². The Bertz CT molecular complexity index is 566. The first-order chi connectivity index (χ1) is 9.11. The predicted octanol–water partition coefficient (Wildman–Crippen LogP) is 2.16. The third kappa shape index (κ3) is 3.09. The van der Waals surface area contributed by atoms with Gasteiger partial charge in [0.1, 0.15) is 0 Å². The maximum Gasteiger partial charge on any atom is 0.225 e. The van der Waals surface area contributed by atoms with Crippen LogP contribution in [0.2, 0.25) is 0 Å². The summed E-state index contributed by atoms with van der Waals surface area (Å²) in [7, 11) is 1.95. The van der Waals surface area contributed by atoms with Gasteiger partial charge in [-0.25, -0.2) is 9.97 Å². The fraction of sp³-hybridized carbons (Fsp3) is 0.333. The fourth-order valence-corrected chi connectivity index (χ4v) is 1.89. The molecule has 0 aliphatic rings. The number of likely N-dealkylation sites (N-methyl/N-ethyl adjacent to an activating group) is 1. The molecule has 0 spiro atoms. The number of aromatic nitrogens is 2. The topological polar surface area (TPSA) is 55.0 Å². The van der Waals surface area contributed by atoms with E-state index in [0.717, 1.165) is 17.8 Å². The van der Waals surface area contributed by atoms with Crippen molar-refractivity contribution in [2.75, 3.05) is 25.0 Å². The molecule has 1 heterocycles. The Kier molecular flexibility index (Phi) is 4.12. The summed E-state index contributed by atoms with van der Waals surface area (Å²) in [6.07, 6.45) is 1.79. The maximum absolute atomic E-state index is 5.56. The predicted molar refractivity (Wildman–Crippen MR) is 79.3 cm³/mol. The zero-order valence-corrected chi connectivity index (χ0v) is 11.7. The Morgan fingerprint density at radius 3 is 2.63 bits per heavy atom. The molecule has 100 valence electrons. The van der Waals surface area contributed by atoms with Crippen molar-refractivity contribution in [2.24, 2.45) is 5.73 Å². The first-order valence-corrected chi connectivity index (χ1v) is 6.43. The van der Waals surface area contributed by atoms with E-state index in [0.29, 0.717) is 12.5 Å². The van der Waals surface area contributed by atoms with E-state index in [-0.39, 0.29) is 0 Å². The monoisotopic (exact) mass is 256 g/mol. The number of aryl methyl sites for hydroxylation is 2. The quantitative estimate of drug-likeness (QED) is 0.910. The third-order valence-electron chi connectivity index (χ3n) is 3.25. The highest BCUT2D eigenvalue weighted by atomic mass is 15.2. The summed E-state index contributed by atoms with van der Waals surface area (Å²) in [4.78, 5) is 10.8. The number of benzene rings is 1. The molecule has 19 heavy (non-hydrogen) atoms. The number of anilines is 1. The molecule has 0 saturated heterocycles. The van der Waals surface area contributed by atoms with Crippen LogP contribution in [0.25, 0.3) is 11.3 Å². The Balaban J connectivity index is 2.34. The van der Waals surface area contributed by atoms with Gasteiger partial charge in [0, 0.05) is 31.9 Å². The molecule has 4 nitrogen and oxygen atoms in total. The van der Waals surface area contributed by atoms with Crippen LogP contribution in [0.3, 0.4) is 0 Å². The van der Waals surface area contributed by atoms with Gasteiger partial charge in [0.05, 0.1) is 5.69 Å². The van der Waals surface area contributed by atoms with Crippen molar-refractivity contribution >= 4 is 5.95 Å². The molecule has 0 atom stereocenters. The molecule has 0 aliphatic heterocycles. The summed E-state index contributed by atoms with van der Waals surface area (Å²) in [6, 6.07) is 8.31. The molecular weight excluding hydrogens is 236 g/mol. The van der Waals surface area contributed by atoms with Crippen LogP contribution in [0.15, 0.2) is 30.5 Å². The third-order valence-corrected chi connectivity index (χ3v) is 3.25. The summed E-state index contributed by atoms with van der Waals surface area (Å²) in [5, 5.41) is 0. The lowest BCUT2D eigenvalue weighted by molar-refractivity contribution is 0.847. The number of hydrogen-bond acceptors (Lipinski definition) is 4. The van der Waals surface area contributed by atoms with Gasteiger partial charge < -0.3 is 10.6 Å². The van der Waals surface area contributed by atoms with Crippen molar-refractivity contribution in [1.82, 2.24) is 9.97 Å². The van der Waals surface area contributed by atoms with Crippen LogP contribution in [-0.2, 0) is 0 Å². The number of nitrogens with two attached hydrogens (primary N) is 1. The van der Waals surface area contributed by atoms with Crippen LogP contribution in [0.4, 0.5) is 5.95 Å². The minimum absolute atomic E-state index is 0.591. The molecule has 0 radical (unpaired) electrons. The highest BCUT2D eigenvalue weighted by molar-refractivity contribution is 5.61. The Labute approximate surface area is 114 Å². The summed E-state index contributed by atoms with van der Waals surface area (Å²) >= 11 is 0. The lowest BCUT2D eigenvalue weighted by atomic mass is 10.0. The minimum Gasteiger partial charge on any atom is -0.343 e. The standard InChI is InChI=1S/C15H20N4/c1-11-4-5-13(10-12(11)2)14-6-8-17-15(18-14)19(3)9-7-16/h4-6,8,10H,7,9,16H2,1-3H3. The molecule has 0 amide bonds. The van der Waals surface area contributed by atoms with Crippen LogP contribution >= 0.6 is 0 Å². The van der Waals surface area contributed by atoms with Gasteiger partial charge in [-0.2, -0.15) is 0 Å². The van der Waals surface area contributed by atoms with Crippen LogP contribution < -0.4 is 10.6 Å². The molecule has 1 aromatic heterocycles. The largest absolute Gasteiger partial charge is 0.343 e. The molecule has 1 aromatic carbocycles. The van der Waals surface area contributed by atoms with Gasteiger partial charge >= 0.3 is 0 Å². The average molecular weight is 256 g/mol. The van der Waals surface area contributed by atoms with Crippen LogP contribution in [0.5, 0.6) is 0 Å².